The van der Waals surface area contributed by atoms with E-state index in [4.69, 9.17) is 0 Å². The molecule has 106 valence electrons. The molecule has 1 atom stereocenters. The van der Waals surface area contributed by atoms with E-state index in [1.54, 1.807) is 0 Å². The maximum absolute atomic E-state index is 11.5. The van der Waals surface area contributed by atoms with Crippen LogP contribution in [-0.2, 0) is 4.79 Å². The second kappa shape index (κ2) is 8.48. The Kier molecular flexibility index (Phi) is 7.28. The number of piperidine rings is 1. The lowest BCUT2D eigenvalue weighted by molar-refractivity contribution is -0.145. The molecule has 1 fully saturated rings. The second-order valence-corrected chi connectivity index (χ2v) is 5.22. The molecule has 1 rings (SSSR count). The summed E-state index contributed by atoms with van der Waals surface area (Å²) in [5.74, 6) is -0.643. The number of nitrogens with one attached hydrogen (secondary N) is 1. The van der Waals surface area contributed by atoms with Crippen molar-refractivity contribution >= 4 is 5.97 Å². The first-order valence-corrected chi connectivity index (χ1v) is 7.40. The molecular weight excluding hydrogens is 228 g/mol. The average molecular weight is 256 g/mol. The van der Waals surface area contributed by atoms with Crippen LogP contribution in [0.5, 0.6) is 0 Å². The van der Waals surface area contributed by atoms with Crippen LogP contribution < -0.4 is 5.32 Å². The van der Waals surface area contributed by atoms with E-state index < -0.39 is 5.97 Å². The van der Waals surface area contributed by atoms with Gasteiger partial charge in [-0.05, 0) is 45.3 Å². The molecule has 0 aromatic heterocycles. The Hall–Kier alpha value is -0.610. The molecule has 1 heterocycles. The summed E-state index contributed by atoms with van der Waals surface area (Å²) in [4.78, 5) is 13.8. The highest BCUT2D eigenvalue weighted by molar-refractivity contribution is 5.73. The smallest absolute Gasteiger partial charge is 0.320 e. The van der Waals surface area contributed by atoms with Gasteiger partial charge in [0, 0.05) is 6.04 Å². The lowest BCUT2D eigenvalue weighted by Gasteiger charge is -2.38. The zero-order chi connectivity index (χ0) is 13.4. The summed E-state index contributed by atoms with van der Waals surface area (Å²) in [6.07, 6.45) is 6.04. The van der Waals surface area contributed by atoms with E-state index in [0.717, 1.165) is 58.2 Å². The van der Waals surface area contributed by atoms with Crippen LogP contribution in [0.4, 0.5) is 0 Å². The second-order valence-electron chi connectivity index (χ2n) is 5.22. The molecule has 4 nitrogen and oxygen atoms in total. The number of carboxylic acid groups (broad SMARTS) is 1. The molecule has 0 aromatic carbocycles. The Balaban J connectivity index is 2.67. The van der Waals surface area contributed by atoms with Crippen LogP contribution in [0.2, 0.25) is 0 Å². The van der Waals surface area contributed by atoms with E-state index in [1.165, 1.54) is 0 Å². The molecule has 0 saturated carbocycles. The van der Waals surface area contributed by atoms with Crippen LogP contribution in [0.3, 0.4) is 0 Å². The van der Waals surface area contributed by atoms with E-state index in [0.29, 0.717) is 6.04 Å². The van der Waals surface area contributed by atoms with E-state index in [9.17, 15) is 9.90 Å². The minimum atomic E-state index is -0.643. The quantitative estimate of drug-likeness (QED) is 0.698. The van der Waals surface area contributed by atoms with Crippen LogP contribution in [-0.4, -0.2) is 47.7 Å². The van der Waals surface area contributed by atoms with Gasteiger partial charge in [0.25, 0.3) is 0 Å². The number of unbranched alkanes of at least 4 members (excludes halogenated alkanes) is 1. The fourth-order valence-corrected chi connectivity index (χ4v) is 2.82. The van der Waals surface area contributed by atoms with E-state index in [1.807, 2.05) is 0 Å². The highest BCUT2D eigenvalue weighted by Gasteiger charge is 2.30. The Morgan fingerprint density at radius 2 is 2.00 bits per heavy atom. The first-order chi connectivity index (χ1) is 8.70. The molecule has 4 heteroatoms. The molecule has 0 aliphatic carbocycles. The Bertz CT molecular complexity index is 240. The third-order valence-corrected chi connectivity index (χ3v) is 3.78. The molecule has 0 radical (unpaired) electrons. The van der Waals surface area contributed by atoms with E-state index >= 15 is 0 Å². The molecule has 1 aliphatic heterocycles. The van der Waals surface area contributed by atoms with Crippen molar-refractivity contribution in [2.45, 2.75) is 64.5 Å². The summed E-state index contributed by atoms with van der Waals surface area (Å²) in [5.41, 5.74) is 0. The van der Waals surface area contributed by atoms with Gasteiger partial charge in [-0.3, -0.25) is 9.69 Å². The van der Waals surface area contributed by atoms with Crippen molar-refractivity contribution in [3.05, 3.63) is 0 Å². The fraction of sp³-hybridized carbons (Fsp3) is 0.929. The van der Waals surface area contributed by atoms with Crippen LogP contribution in [0, 0.1) is 0 Å². The van der Waals surface area contributed by atoms with E-state index in [2.05, 4.69) is 24.1 Å². The molecule has 0 amide bonds. The molecule has 0 spiro atoms. The van der Waals surface area contributed by atoms with Gasteiger partial charge in [0.05, 0.1) is 0 Å². The number of rotatable bonds is 8. The standard InChI is InChI=1S/C14H28N2O2/c1-3-5-6-13(14(17)18)16(11-4-2)12-7-9-15-10-8-12/h12-13,15H,3-11H2,1-2H3,(H,17,18). The first kappa shape index (κ1) is 15.4. The number of hydrogen-bond donors (Lipinski definition) is 2. The largest absolute Gasteiger partial charge is 0.480 e. The van der Waals surface area contributed by atoms with Gasteiger partial charge < -0.3 is 10.4 Å². The molecular formula is C14H28N2O2. The third-order valence-electron chi connectivity index (χ3n) is 3.78. The van der Waals surface area contributed by atoms with E-state index in [-0.39, 0.29) is 6.04 Å². The van der Waals surface area contributed by atoms with Crippen LogP contribution in [0.15, 0.2) is 0 Å². The third kappa shape index (κ3) is 4.58. The van der Waals surface area contributed by atoms with Gasteiger partial charge in [0.1, 0.15) is 6.04 Å². The predicted molar refractivity (Wildman–Crippen MR) is 73.8 cm³/mol. The zero-order valence-corrected chi connectivity index (χ0v) is 11.8. The van der Waals surface area contributed by atoms with Gasteiger partial charge >= 0.3 is 5.97 Å². The summed E-state index contributed by atoms with van der Waals surface area (Å²) in [6, 6.07) is 0.164. The number of carboxylic acids is 1. The van der Waals surface area contributed by atoms with Gasteiger partial charge in [-0.1, -0.05) is 26.7 Å². The molecule has 1 aliphatic rings. The zero-order valence-electron chi connectivity index (χ0n) is 11.8. The maximum atomic E-state index is 11.5. The summed E-state index contributed by atoms with van der Waals surface area (Å²) in [6.45, 7) is 7.20. The monoisotopic (exact) mass is 256 g/mol. The normalized spacial score (nSPS) is 19.1. The van der Waals surface area contributed by atoms with Crippen molar-refractivity contribution < 1.29 is 9.90 Å². The fourth-order valence-electron chi connectivity index (χ4n) is 2.82. The molecule has 18 heavy (non-hydrogen) atoms. The van der Waals surface area contributed by atoms with Crippen molar-refractivity contribution in [3.63, 3.8) is 0 Å². The number of aliphatic carboxylic acids is 1. The van der Waals surface area contributed by atoms with Gasteiger partial charge in [0.2, 0.25) is 0 Å². The highest BCUT2D eigenvalue weighted by Crippen LogP contribution is 2.19. The van der Waals surface area contributed by atoms with Gasteiger partial charge in [-0.2, -0.15) is 0 Å². The lowest BCUT2D eigenvalue weighted by Crippen LogP contribution is -2.51. The Labute approximate surface area is 111 Å². The van der Waals surface area contributed by atoms with Crippen molar-refractivity contribution in [2.75, 3.05) is 19.6 Å². The Morgan fingerprint density at radius 1 is 1.33 bits per heavy atom. The van der Waals surface area contributed by atoms with Crippen molar-refractivity contribution in [1.29, 1.82) is 0 Å². The van der Waals surface area contributed by atoms with Crippen LogP contribution in [0.1, 0.15) is 52.4 Å². The Morgan fingerprint density at radius 3 is 2.50 bits per heavy atom. The SMILES string of the molecule is CCCCC(C(=O)O)N(CCC)C1CCNCC1. The average Bonchev–Trinajstić information content (AvgIpc) is 2.38. The van der Waals surface area contributed by atoms with Crippen molar-refractivity contribution in [2.24, 2.45) is 0 Å². The minimum Gasteiger partial charge on any atom is -0.480 e. The van der Waals surface area contributed by atoms with Gasteiger partial charge in [-0.15, -0.1) is 0 Å². The number of nitrogens with zero attached hydrogens (tertiary/aromatic N) is 1. The molecule has 2 N–H and O–H groups in total. The van der Waals surface area contributed by atoms with Gasteiger partial charge in [-0.25, -0.2) is 0 Å². The lowest BCUT2D eigenvalue weighted by atomic mass is 9.99. The first-order valence-electron chi connectivity index (χ1n) is 7.40. The molecule has 1 saturated heterocycles. The molecule has 0 bridgehead atoms. The summed E-state index contributed by atoms with van der Waals surface area (Å²) in [5, 5.41) is 12.8. The molecule has 1 unspecified atom stereocenters. The van der Waals surface area contributed by atoms with Gasteiger partial charge in [0.15, 0.2) is 0 Å². The highest BCUT2D eigenvalue weighted by atomic mass is 16.4. The summed E-state index contributed by atoms with van der Waals surface area (Å²) >= 11 is 0. The minimum absolute atomic E-state index is 0.284. The summed E-state index contributed by atoms with van der Waals surface area (Å²) < 4.78 is 0. The topological polar surface area (TPSA) is 52.6 Å². The van der Waals surface area contributed by atoms with Crippen molar-refractivity contribution in [1.82, 2.24) is 10.2 Å². The number of hydrogen-bond acceptors (Lipinski definition) is 3. The molecule has 0 aromatic rings. The van der Waals surface area contributed by atoms with Crippen molar-refractivity contribution in [3.8, 4) is 0 Å². The number of carbonyl (C=O) groups is 1. The predicted octanol–water partition coefficient (Wildman–Crippen LogP) is 2.09. The van der Waals surface area contributed by atoms with Crippen LogP contribution >= 0.6 is 0 Å². The van der Waals surface area contributed by atoms with Crippen LogP contribution in [0.25, 0.3) is 0 Å². The maximum Gasteiger partial charge on any atom is 0.320 e. The summed E-state index contributed by atoms with van der Waals surface area (Å²) in [7, 11) is 0.